The topological polar surface area (TPSA) is 53.4 Å². The third kappa shape index (κ3) is 3.06. The number of nitrogens with zero attached hydrogens (tertiary/aromatic N) is 2. The van der Waals surface area contributed by atoms with Gasteiger partial charge < -0.3 is 10.0 Å². The fourth-order valence-corrected chi connectivity index (χ4v) is 3.63. The van der Waals surface area contributed by atoms with Gasteiger partial charge in [0.25, 0.3) is 0 Å². The zero-order chi connectivity index (χ0) is 14.8. The average molecular weight is 308 g/mol. The van der Waals surface area contributed by atoms with Gasteiger partial charge in [0.15, 0.2) is 0 Å². The summed E-state index contributed by atoms with van der Waals surface area (Å²) in [6, 6.07) is 3.89. The maximum absolute atomic E-state index is 11.9. The van der Waals surface area contributed by atoms with Crippen LogP contribution in [0.25, 0.3) is 0 Å². The Hall–Kier alpha value is -1.13. The molecule has 3 atom stereocenters. The third-order valence-corrected chi connectivity index (χ3v) is 4.83. The monoisotopic (exact) mass is 307 g/mol. The van der Waals surface area contributed by atoms with Crippen LogP contribution >= 0.6 is 11.6 Å². The van der Waals surface area contributed by atoms with E-state index in [1.807, 2.05) is 17.0 Å². The van der Waals surface area contributed by atoms with E-state index in [2.05, 4.69) is 11.4 Å². The molecule has 2 fully saturated rings. The third-order valence-electron chi connectivity index (χ3n) is 4.61. The SMILES string of the molecule is O=C1CCCN1C1[CH]CC(c2ccc(Cl)cn2)CC1CO. The predicted octanol–water partition coefficient (Wildman–Crippen LogP) is 2.42. The first-order valence-corrected chi connectivity index (χ1v) is 7.92. The van der Waals surface area contributed by atoms with E-state index in [0.29, 0.717) is 17.4 Å². The van der Waals surface area contributed by atoms with E-state index < -0.39 is 0 Å². The van der Waals surface area contributed by atoms with Crippen LogP contribution in [-0.4, -0.2) is 40.1 Å². The molecule has 0 spiro atoms. The number of pyridine rings is 1. The fraction of sp³-hybridized carbons (Fsp3) is 0.562. The van der Waals surface area contributed by atoms with Crippen molar-refractivity contribution in [3.05, 3.63) is 35.5 Å². The van der Waals surface area contributed by atoms with Crippen molar-refractivity contribution in [2.75, 3.05) is 13.2 Å². The number of carbonyl (C=O) groups is 1. The molecule has 1 aliphatic carbocycles. The molecule has 1 aromatic heterocycles. The van der Waals surface area contributed by atoms with Crippen LogP contribution in [0.2, 0.25) is 5.02 Å². The van der Waals surface area contributed by atoms with Gasteiger partial charge in [-0.05, 0) is 37.8 Å². The molecule has 21 heavy (non-hydrogen) atoms. The number of likely N-dealkylation sites (tertiary alicyclic amines) is 1. The minimum absolute atomic E-state index is 0.0774. The van der Waals surface area contributed by atoms with E-state index in [1.54, 1.807) is 6.20 Å². The summed E-state index contributed by atoms with van der Waals surface area (Å²) in [5.41, 5.74) is 1.01. The minimum Gasteiger partial charge on any atom is -0.396 e. The number of rotatable bonds is 3. The van der Waals surface area contributed by atoms with Gasteiger partial charge in [0, 0.05) is 49.3 Å². The van der Waals surface area contributed by atoms with Crippen LogP contribution in [0.1, 0.15) is 37.3 Å². The molecule has 2 aliphatic rings. The van der Waals surface area contributed by atoms with E-state index in [9.17, 15) is 9.90 Å². The van der Waals surface area contributed by atoms with Crippen LogP contribution in [0.4, 0.5) is 0 Å². The number of carbonyl (C=O) groups excluding carboxylic acids is 1. The smallest absolute Gasteiger partial charge is 0.222 e. The van der Waals surface area contributed by atoms with Gasteiger partial charge in [-0.25, -0.2) is 0 Å². The van der Waals surface area contributed by atoms with Crippen molar-refractivity contribution in [3.63, 3.8) is 0 Å². The number of aliphatic hydroxyl groups excluding tert-OH is 1. The molecule has 1 aliphatic heterocycles. The molecule has 4 nitrogen and oxygen atoms in total. The van der Waals surface area contributed by atoms with E-state index in [4.69, 9.17) is 11.6 Å². The van der Waals surface area contributed by atoms with Gasteiger partial charge in [0.1, 0.15) is 0 Å². The predicted molar refractivity (Wildman–Crippen MR) is 80.8 cm³/mol. The van der Waals surface area contributed by atoms with E-state index in [-0.39, 0.29) is 24.5 Å². The molecule has 1 aromatic rings. The molecule has 1 saturated heterocycles. The quantitative estimate of drug-likeness (QED) is 0.933. The van der Waals surface area contributed by atoms with Crippen molar-refractivity contribution in [3.8, 4) is 0 Å². The number of halogens is 1. The van der Waals surface area contributed by atoms with Crippen LogP contribution in [0, 0.1) is 12.3 Å². The summed E-state index contributed by atoms with van der Waals surface area (Å²) < 4.78 is 0. The summed E-state index contributed by atoms with van der Waals surface area (Å²) in [4.78, 5) is 18.3. The summed E-state index contributed by atoms with van der Waals surface area (Å²) in [6.45, 7) is 0.926. The molecule has 113 valence electrons. The molecular weight excluding hydrogens is 288 g/mol. The molecule has 3 rings (SSSR count). The molecule has 0 bridgehead atoms. The Kier molecular flexibility index (Phi) is 4.45. The first kappa shape index (κ1) is 14.8. The molecular formula is C16H20ClN2O2. The fourth-order valence-electron chi connectivity index (χ4n) is 3.52. The Balaban J connectivity index is 1.71. The lowest BCUT2D eigenvalue weighted by atomic mass is 9.76. The van der Waals surface area contributed by atoms with Crippen LogP contribution in [-0.2, 0) is 4.79 Å². The minimum atomic E-state index is 0.0774. The normalized spacial score (nSPS) is 29.9. The molecule has 1 N–H and O–H groups in total. The molecule has 1 radical (unpaired) electrons. The second-order valence-corrected chi connectivity index (χ2v) is 6.37. The van der Waals surface area contributed by atoms with Crippen molar-refractivity contribution in [2.45, 2.75) is 37.6 Å². The number of aromatic nitrogens is 1. The van der Waals surface area contributed by atoms with Crippen molar-refractivity contribution in [1.82, 2.24) is 9.88 Å². The highest BCUT2D eigenvalue weighted by molar-refractivity contribution is 6.30. The van der Waals surface area contributed by atoms with Gasteiger partial charge in [-0.2, -0.15) is 0 Å². The highest BCUT2D eigenvalue weighted by atomic mass is 35.5. The molecule has 0 aromatic carbocycles. The highest BCUT2D eigenvalue weighted by Gasteiger charge is 2.38. The summed E-state index contributed by atoms with van der Waals surface area (Å²) in [5.74, 6) is 0.620. The van der Waals surface area contributed by atoms with Gasteiger partial charge in [-0.3, -0.25) is 9.78 Å². The summed E-state index contributed by atoms with van der Waals surface area (Å²) in [5, 5.41) is 10.4. The Morgan fingerprint density at radius 3 is 2.90 bits per heavy atom. The zero-order valence-electron chi connectivity index (χ0n) is 11.9. The number of amides is 1. The largest absolute Gasteiger partial charge is 0.396 e. The second-order valence-electron chi connectivity index (χ2n) is 5.93. The number of hydrogen-bond acceptors (Lipinski definition) is 3. The summed E-state index contributed by atoms with van der Waals surface area (Å²) in [7, 11) is 0. The lowest BCUT2D eigenvalue weighted by Gasteiger charge is -2.40. The molecule has 1 amide bonds. The second kappa shape index (κ2) is 6.32. The Bertz CT molecular complexity index is 506. The highest BCUT2D eigenvalue weighted by Crippen LogP contribution is 2.38. The zero-order valence-corrected chi connectivity index (χ0v) is 12.7. The Labute approximate surface area is 130 Å². The van der Waals surface area contributed by atoms with Crippen LogP contribution < -0.4 is 0 Å². The van der Waals surface area contributed by atoms with Gasteiger partial charge in [0.05, 0.1) is 5.02 Å². The van der Waals surface area contributed by atoms with Crippen LogP contribution in [0.3, 0.4) is 0 Å². The Morgan fingerprint density at radius 1 is 1.43 bits per heavy atom. The first-order chi connectivity index (χ1) is 10.2. The first-order valence-electron chi connectivity index (χ1n) is 7.54. The molecule has 2 heterocycles. The van der Waals surface area contributed by atoms with Crippen LogP contribution in [0.5, 0.6) is 0 Å². The van der Waals surface area contributed by atoms with Gasteiger partial charge in [-0.15, -0.1) is 0 Å². The van der Waals surface area contributed by atoms with E-state index in [0.717, 1.165) is 31.5 Å². The number of hydrogen-bond donors (Lipinski definition) is 1. The van der Waals surface area contributed by atoms with E-state index >= 15 is 0 Å². The van der Waals surface area contributed by atoms with Gasteiger partial charge in [-0.1, -0.05) is 11.6 Å². The molecule has 3 unspecified atom stereocenters. The standard InChI is InChI=1S/C16H20ClN2O2/c17-13-4-5-14(18-9-13)11-3-6-15(12(8-11)10-20)19-7-1-2-16(19)21/h4-6,9,11-12,15,20H,1-3,7-8,10H2. The maximum atomic E-state index is 11.9. The van der Waals surface area contributed by atoms with Crippen LogP contribution in [0.15, 0.2) is 18.3 Å². The van der Waals surface area contributed by atoms with Crippen molar-refractivity contribution in [2.24, 2.45) is 5.92 Å². The average Bonchev–Trinajstić information content (AvgIpc) is 2.93. The molecule has 1 saturated carbocycles. The number of aliphatic hydroxyl groups is 1. The van der Waals surface area contributed by atoms with Crippen molar-refractivity contribution in [1.29, 1.82) is 0 Å². The summed E-state index contributed by atoms with van der Waals surface area (Å²) in [6.07, 6.45) is 7.18. The van der Waals surface area contributed by atoms with E-state index in [1.165, 1.54) is 0 Å². The Morgan fingerprint density at radius 2 is 2.29 bits per heavy atom. The molecule has 5 heteroatoms. The lowest BCUT2D eigenvalue weighted by Crippen LogP contribution is -2.46. The lowest BCUT2D eigenvalue weighted by molar-refractivity contribution is -0.130. The maximum Gasteiger partial charge on any atom is 0.222 e. The van der Waals surface area contributed by atoms with Gasteiger partial charge in [0.2, 0.25) is 5.91 Å². The van der Waals surface area contributed by atoms with Gasteiger partial charge >= 0.3 is 0 Å². The summed E-state index contributed by atoms with van der Waals surface area (Å²) >= 11 is 5.88. The van der Waals surface area contributed by atoms with Crippen molar-refractivity contribution >= 4 is 17.5 Å². The van der Waals surface area contributed by atoms with Crippen molar-refractivity contribution < 1.29 is 9.90 Å².